The molecule has 0 bridgehead atoms. The molecule has 2 N–H and O–H groups in total. The molecule has 1 aromatic heterocycles. The average molecular weight is 292 g/mol. The Hall–Kier alpha value is 0.540. The first-order chi connectivity index (χ1) is 7.08. The summed E-state index contributed by atoms with van der Waals surface area (Å²) in [6.45, 7) is 0. The van der Waals surface area contributed by atoms with E-state index in [1.165, 1.54) is 18.2 Å². The molecule has 17 heavy (non-hydrogen) atoms. The second-order valence-electron chi connectivity index (χ2n) is 2.82. The van der Waals surface area contributed by atoms with Crippen molar-refractivity contribution in [2.45, 2.75) is 0 Å². The predicted molar refractivity (Wildman–Crippen MR) is 68.5 cm³/mol. The minimum atomic E-state index is -0.571. The molecule has 5 nitrogen and oxygen atoms in total. The van der Waals surface area contributed by atoms with Crippen LogP contribution in [-0.4, -0.2) is 73.9 Å². The zero-order valence-corrected chi connectivity index (χ0v) is 14.8. The van der Waals surface area contributed by atoms with E-state index in [1.54, 1.807) is 0 Å². The summed E-state index contributed by atoms with van der Waals surface area (Å²) >= 11 is 11.5. The molecule has 80 valence electrons. The van der Waals surface area contributed by atoms with Crippen LogP contribution in [0.25, 0.3) is 5.69 Å². The molecule has 2 rings (SSSR count). The number of nitrogens with one attached hydrogen (secondary N) is 2. The van der Waals surface area contributed by atoms with Gasteiger partial charge in [0.25, 0.3) is 0 Å². The molecule has 0 aliphatic rings. The monoisotopic (exact) mass is 291 g/mol. The van der Waals surface area contributed by atoms with Gasteiger partial charge in [0.1, 0.15) is 0 Å². The zero-order chi connectivity index (χ0) is 11.0. The number of halogens is 2. The van der Waals surface area contributed by atoms with Crippen LogP contribution in [0.2, 0.25) is 10.0 Å². The molecule has 0 unspecified atom stereocenters. The molecule has 9 heteroatoms. The minimum Gasteiger partial charge on any atom is -0.247 e. The van der Waals surface area contributed by atoms with Gasteiger partial charge in [-0.05, 0) is 18.2 Å². The Bertz CT molecular complexity index is 572. The van der Waals surface area contributed by atoms with Gasteiger partial charge in [-0.1, -0.05) is 23.2 Å². The zero-order valence-electron chi connectivity index (χ0n) is 9.25. The molecule has 0 spiro atoms. The van der Waals surface area contributed by atoms with Crippen molar-refractivity contribution >= 4 is 82.3 Å². The number of aromatic amines is 2. The van der Waals surface area contributed by atoms with Gasteiger partial charge in [0.2, 0.25) is 0 Å². The van der Waals surface area contributed by atoms with Gasteiger partial charge in [-0.15, -0.1) is 0 Å². The van der Waals surface area contributed by atoms with Gasteiger partial charge in [-0.2, -0.15) is 0 Å². The van der Waals surface area contributed by atoms with Gasteiger partial charge in [0.05, 0.1) is 5.69 Å². The summed E-state index contributed by atoms with van der Waals surface area (Å²) in [4.78, 5) is 22.5. The summed E-state index contributed by atoms with van der Waals surface area (Å²) in [6.07, 6.45) is 0. The number of benzene rings is 1. The molecule has 0 amide bonds. The Balaban J connectivity index is 0.00000128. The normalized spacial score (nSPS) is 9.29. The first kappa shape index (κ1) is 17.5. The minimum absolute atomic E-state index is 0. The Labute approximate surface area is 150 Å². The molecular formula is C8H5Cl2N3Na2O2. The maximum absolute atomic E-state index is 11.3. The van der Waals surface area contributed by atoms with Crippen molar-refractivity contribution in [3.63, 3.8) is 0 Å². The molecule has 2 aromatic rings. The molecule has 2 radical (unpaired) electrons. The van der Waals surface area contributed by atoms with Crippen LogP contribution in [0.1, 0.15) is 0 Å². The fourth-order valence-electron chi connectivity index (χ4n) is 1.21. The van der Waals surface area contributed by atoms with Gasteiger partial charge in [0, 0.05) is 69.2 Å². The van der Waals surface area contributed by atoms with Crippen molar-refractivity contribution in [2.24, 2.45) is 0 Å². The molecule has 0 fully saturated rings. The third-order valence-electron chi connectivity index (χ3n) is 1.79. The van der Waals surface area contributed by atoms with Crippen LogP contribution in [0.4, 0.5) is 0 Å². The molecule has 0 aliphatic carbocycles. The third kappa shape index (κ3) is 4.01. The van der Waals surface area contributed by atoms with Gasteiger partial charge < -0.3 is 0 Å². The van der Waals surface area contributed by atoms with E-state index in [4.69, 9.17) is 23.2 Å². The Kier molecular flexibility index (Phi) is 7.44. The van der Waals surface area contributed by atoms with E-state index in [9.17, 15) is 9.59 Å². The van der Waals surface area contributed by atoms with Crippen LogP contribution >= 0.6 is 23.2 Å². The fraction of sp³-hybridized carbons (Fsp3) is 0. The molecule has 0 saturated heterocycles. The van der Waals surface area contributed by atoms with E-state index in [0.29, 0.717) is 15.7 Å². The van der Waals surface area contributed by atoms with Crippen LogP contribution in [0.15, 0.2) is 27.8 Å². The van der Waals surface area contributed by atoms with Crippen LogP contribution in [0.3, 0.4) is 0 Å². The third-order valence-corrected chi connectivity index (χ3v) is 2.22. The topological polar surface area (TPSA) is 70.7 Å². The van der Waals surface area contributed by atoms with E-state index in [0.717, 1.165) is 4.57 Å². The van der Waals surface area contributed by atoms with Crippen molar-refractivity contribution in [1.29, 1.82) is 0 Å². The standard InChI is InChI=1S/C8H5Cl2N3O2.2Na/c9-4-1-5(10)3-6(2-4)13-7(14)11-12-8(13)15;;/h1-3H,(H,11,14)(H,12,15);;. The quantitative estimate of drug-likeness (QED) is 0.747. The maximum Gasteiger partial charge on any atom is 0.348 e. The second-order valence-corrected chi connectivity index (χ2v) is 3.70. The van der Waals surface area contributed by atoms with E-state index >= 15 is 0 Å². The second kappa shape index (κ2) is 7.21. The maximum atomic E-state index is 11.3. The summed E-state index contributed by atoms with van der Waals surface area (Å²) in [5, 5.41) is 5.02. The van der Waals surface area contributed by atoms with Gasteiger partial charge in [-0.25, -0.2) is 24.4 Å². The van der Waals surface area contributed by atoms with Gasteiger partial charge in [0.15, 0.2) is 0 Å². The van der Waals surface area contributed by atoms with Gasteiger partial charge in [-0.3, -0.25) is 0 Å². The largest absolute Gasteiger partial charge is 0.348 e. The number of aromatic nitrogens is 3. The molecule has 0 aliphatic heterocycles. The van der Waals surface area contributed by atoms with Crippen molar-refractivity contribution in [3.05, 3.63) is 49.2 Å². The molecule has 1 heterocycles. The van der Waals surface area contributed by atoms with E-state index < -0.39 is 11.4 Å². The van der Waals surface area contributed by atoms with Crippen LogP contribution in [-0.2, 0) is 0 Å². The van der Waals surface area contributed by atoms with E-state index in [1.807, 2.05) is 0 Å². The predicted octanol–water partition coefficient (Wildman–Crippen LogP) is 0.399. The number of rotatable bonds is 1. The summed E-state index contributed by atoms with van der Waals surface area (Å²) < 4.78 is 0.901. The Morgan fingerprint density at radius 3 is 1.71 bits per heavy atom. The van der Waals surface area contributed by atoms with Crippen LogP contribution < -0.4 is 11.4 Å². The smallest absolute Gasteiger partial charge is 0.247 e. The van der Waals surface area contributed by atoms with Crippen LogP contribution in [0.5, 0.6) is 0 Å². The van der Waals surface area contributed by atoms with Crippen LogP contribution in [0, 0.1) is 0 Å². The average Bonchev–Trinajstić information content (AvgIpc) is 2.44. The summed E-state index contributed by atoms with van der Waals surface area (Å²) in [5.74, 6) is 0. The van der Waals surface area contributed by atoms with E-state index in [-0.39, 0.29) is 59.1 Å². The fourth-order valence-corrected chi connectivity index (χ4v) is 1.73. The number of hydrogen-bond donors (Lipinski definition) is 2. The summed E-state index contributed by atoms with van der Waals surface area (Å²) in [6, 6.07) is 4.45. The van der Waals surface area contributed by atoms with Crippen molar-refractivity contribution in [3.8, 4) is 5.69 Å². The Morgan fingerprint density at radius 1 is 0.882 bits per heavy atom. The van der Waals surface area contributed by atoms with Crippen molar-refractivity contribution in [2.75, 3.05) is 0 Å². The molecule has 0 saturated carbocycles. The first-order valence-electron chi connectivity index (χ1n) is 3.94. The van der Waals surface area contributed by atoms with Crippen molar-refractivity contribution < 1.29 is 0 Å². The number of nitrogens with zero attached hydrogens (tertiary/aromatic N) is 1. The SMILES string of the molecule is O=c1[nH][nH]c(=O)n1-c1cc(Cl)cc(Cl)c1.[Na].[Na]. The molecule has 0 atom stereocenters. The Morgan fingerprint density at radius 2 is 1.29 bits per heavy atom. The number of hydrogen-bond acceptors (Lipinski definition) is 2. The summed E-state index contributed by atoms with van der Waals surface area (Å²) in [7, 11) is 0. The molecule has 1 aromatic carbocycles. The van der Waals surface area contributed by atoms with Gasteiger partial charge >= 0.3 is 11.4 Å². The van der Waals surface area contributed by atoms with E-state index in [2.05, 4.69) is 10.2 Å². The first-order valence-corrected chi connectivity index (χ1v) is 4.70. The summed E-state index contributed by atoms with van der Waals surface area (Å²) in [5.41, 5.74) is -0.823. The molecular weight excluding hydrogens is 287 g/mol. The number of H-pyrrole nitrogens is 2. The van der Waals surface area contributed by atoms with Crippen molar-refractivity contribution in [1.82, 2.24) is 14.8 Å².